The monoisotopic (exact) mass is 191 g/mol. The van der Waals surface area contributed by atoms with Crippen LogP contribution in [0.15, 0.2) is 0 Å². The lowest BCUT2D eigenvalue weighted by Gasteiger charge is -2.15. The summed E-state index contributed by atoms with van der Waals surface area (Å²) in [7, 11) is 0. The Labute approximate surface area is 79.7 Å². The van der Waals surface area contributed by atoms with Crippen molar-refractivity contribution in [2.75, 3.05) is 5.88 Å². The fourth-order valence-corrected chi connectivity index (χ4v) is 1.10. The number of rotatable bonds is 5. The number of carbonyl (C=O) groups is 1. The molecule has 72 valence electrons. The Hall–Kier alpha value is -0.240. The van der Waals surface area contributed by atoms with Crippen molar-refractivity contribution in [2.45, 2.75) is 39.7 Å². The van der Waals surface area contributed by atoms with Crippen molar-refractivity contribution >= 4 is 17.5 Å². The SMILES string of the molecule is CCCC(C)NC(=O)C(C)CCl. The second-order valence-corrected chi connectivity index (χ2v) is 3.56. The van der Waals surface area contributed by atoms with Crippen LogP contribution >= 0.6 is 11.6 Å². The normalized spacial score (nSPS) is 15.3. The highest BCUT2D eigenvalue weighted by atomic mass is 35.5. The van der Waals surface area contributed by atoms with Crippen LogP contribution in [0.3, 0.4) is 0 Å². The molecule has 0 saturated carbocycles. The minimum absolute atomic E-state index is 0.0611. The van der Waals surface area contributed by atoms with Crippen molar-refractivity contribution in [1.29, 1.82) is 0 Å². The molecular weight excluding hydrogens is 174 g/mol. The van der Waals surface area contributed by atoms with Crippen LogP contribution in [0.1, 0.15) is 33.6 Å². The largest absolute Gasteiger partial charge is 0.353 e. The Morgan fingerprint density at radius 2 is 2.08 bits per heavy atom. The van der Waals surface area contributed by atoms with Crippen molar-refractivity contribution < 1.29 is 4.79 Å². The first kappa shape index (κ1) is 11.8. The molecule has 0 aromatic heterocycles. The van der Waals surface area contributed by atoms with Crippen LogP contribution in [0.2, 0.25) is 0 Å². The van der Waals surface area contributed by atoms with Gasteiger partial charge in [0.25, 0.3) is 0 Å². The molecule has 0 heterocycles. The maximum absolute atomic E-state index is 11.3. The highest BCUT2D eigenvalue weighted by Gasteiger charge is 2.12. The van der Waals surface area contributed by atoms with Gasteiger partial charge >= 0.3 is 0 Å². The topological polar surface area (TPSA) is 29.1 Å². The van der Waals surface area contributed by atoms with Crippen LogP contribution in [0.4, 0.5) is 0 Å². The summed E-state index contributed by atoms with van der Waals surface area (Å²) in [5.74, 6) is 0.377. The first-order chi connectivity index (χ1) is 5.61. The van der Waals surface area contributed by atoms with E-state index >= 15 is 0 Å². The molecule has 0 rings (SSSR count). The molecule has 12 heavy (non-hydrogen) atoms. The molecule has 3 heteroatoms. The van der Waals surface area contributed by atoms with Gasteiger partial charge in [-0.2, -0.15) is 0 Å². The Morgan fingerprint density at radius 1 is 1.50 bits per heavy atom. The van der Waals surface area contributed by atoms with Crippen molar-refractivity contribution in [1.82, 2.24) is 5.32 Å². The van der Waals surface area contributed by atoms with Crippen molar-refractivity contribution in [3.8, 4) is 0 Å². The van der Waals surface area contributed by atoms with Gasteiger partial charge in [0.15, 0.2) is 0 Å². The zero-order valence-corrected chi connectivity index (χ0v) is 8.82. The lowest BCUT2D eigenvalue weighted by molar-refractivity contribution is -0.124. The van der Waals surface area contributed by atoms with E-state index in [1.54, 1.807) is 0 Å². The maximum atomic E-state index is 11.3. The minimum Gasteiger partial charge on any atom is -0.353 e. The van der Waals surface area contributed by atoms with Crippen LogP contribution in [0.5, 0.6) is 0 Å². The third-order valence-corrected chi connectivity index (χ3v) is 2.25. The zero-order chi connectivity index (χ0) is 9.56. The fourth-order valence-electron chi connectivity index (χ4n) is 0.960. The molecule has 0 aliphatic carbocycles. The number of amides is 1. The molecule has 0 aromatic carbocycles. The van der Waals surface area contributed by atoms with E-state index in [0.717, 1.165) is 12.8 Å². The van der Waals surface area contributed by atoms with Gasteiger partial charge in [0, 0.05) is 17.8 Å². The molecule has 2 atom stereocenters. The summed E-state index contributed by atoms with van der Waals surface area (Å²) in [6.07, 6.45) is 2.12. The lowest BCUT2D eigenvalue weighted by atomic mass is 10.1. The summed E-state index contributed by atoms with van der Waals surface area (Å²) in [4.78, 5) is 11.3. The Balaban J connectivity index is 3.67. The Morgan fingerprint density at radius 3 is 2.50 bits per heavy atom. The van der Waals surface area contributed by atoms with Gasteiger partial charge in [-0.3, -0.25) is 4.79 Å². The van der Waals surface area contributed by atoms with Crippen LogP contribution in [-0.4, -0.2) is 17.8 Å². The van der Waals surface area contributed by atoms with Crippen molar-refractivity contribution in [3.05, 3.63) is 0 Å². The first-order valence-electron chi connectivity index (χ1n) is 4.48. The molecule has 0 bridgehead atoms. The molecule has 0 radical (unpaired) electrons. The number of halogens is 1. The lowest BCUT2D eigenvalue weighted by Crippen LogP contribution is -2.36. The minimum atomic E-state index is -0.0778. The van der Waals surface area contributed by atoms with Gasteiger partial charge in [-0.05, 0) is 13.3 Å². The zero-order valence-electron chi connectivity index (χ0n) is 8.06. The van der Waals surface area contributed by atoms with Gasteiger partial charge in [-0.25, -0.2) is 0 Å². The number of hydrogen-bond donors (Lipinski definition) is 1. The molecule has 2 unspecified atom stereocenters. The van der Waals surface area contributed by atoms with Gasteiger partial charge in [-0.1, -0.05) is 20.3 Å². The Kier molecular flexibility index (Phi) is 6.17. The highest BCUT2D eigenvalue weighted by Crippen LogP contribution is 2.01. The average molecular weight is 192 g/mol. The smallest absolute Gasteiger partial charge is 0.224 e. The number of hydrogen-bond acceptors (Lipinski definition) is 1. The van der Waals surface area contributed by atoms with Crippen LogP contribution < -0.4 is 5.32 Å². The van der Waals surface area contributed by atoms with Crippen molar-refractivity contribution in [2.24, 2.45) is 5.92 Å². The van der Waals surface area contributed by atoms with Gasteiger partial charge in [-0.15, -0.1) is 11.6 Å². The maximum Gasteiger partial charge on any atom is 0.224 e. The summed E-state index contributed by atoms with van der Waals surface area (Å²) in [6, 6.07) is 0.271. The van der Waals surface area contributed by atoms with E-state index in [1.165, 1.54) is 0 Å². The van der Waals surface area contributed by atoms with Gasteiger partial charge in [0.1, 0.15) is 0 Å². The fraction of sp³-hybridized carbons (Fsp3) is 0.889. The highest BCUT2D eigenvalue weighted by molar-refractivity contribution is 6.19. The third kappa shape index (κ3) is 4.60. The number of carbonyl (C=O) groups excluding carboxylic acids is 1. The molecular formula is C9H18ClNO. The Bertz CT molecular complexity index is 138. The molecule has 0 aliphatic rings. The predicted molar refractivity (Wildman–Crippen MR) is 52.4 cm³/mol. The van der Waals surface area contributed by atoms with Gasteiger partial charge in [0.05, 0.1) is 0 Å². The average Bonchev–Trinajstić information content (AvgIpc) is 2.03. The summed E-state index contributed by atoms with van der Waals surface area (Å²) >= 11 is 5.55. The van der Waals surface area contributed by atoms with E-state index in [4.69, 9.17) is 11.6 Å². The third-order valence-electron chi connectivity index (χ3n) is 1.79. The summed E-state index contributed by atoms with van der Waals surface area (Å²) in [5.41, 5.74) is 0. The summed E-state index contributed by atoms with van der Waals surface area (Å²) in [6.45, 7) is 5.96. The van der Waals surface area contributed by atoms with E-state index in [0.29, 0.717) is 5.88 Å². The summed E-state index contributed by atoms with van der Waals surface area (Å²) in [5, 5.41) is 2.91. The second kappa shape index (κ2) is 6.30. The molecule has 2 nitrogen and oxygen atoms in total. The number of alkyl halides is 1. The molecule has 1 N–H and O–H groups in total. The van der Waals surface area contributed by atoms with E-state index in [2.05, 4.69) is 12.2 Å². The van der Waals surface area contributed by atoms with Gasteiger partial charge in [0.2, 0.25) is 5.91 Å². The van der Waals surface area contributed by atoms with E-state index in [-0.39, 0.29) is 17.9 Å². The molecule has 0 saturated heterocycles. The summed E-state index contributed by atoms with van der Waals surface area (Å²) < 4.78 is 0. The quantitative estimate of drug-likeness (QED) is 0.664. The molecule has 0 aliphatic heterocycles. The van der Waals surface area contributed by atoms with E-state index < -0.39 is 0 Å². The van der Waals surface area contributed by atoms with E-state index in [9.17, 15) is 4.79 Å². The first-order valence-corrected chi connectivity index (χ1v) is 5.01. The van der Waals surface area contributed by atoms with Crippen LogP contribution in [0, 0.1) is 5.92 Å². The number of nitrogens with one attached hydrogen (secondary N) is 1. The molecule has 0 aromatic rings. The van der Waals surface area contributed by atoms with Crippen LogP contribution in [0.25, 0.3) is 0 Å². The van der Waals surface area contributed by atoms with Gasteiger partial charge < -0.3 is 5.32 Å². The second-order valence-electron chi connectivity index (χ2n) is 3.25. The molecule has 0 spiro atoms. The molecule has 0 fully saturated rings. The van der Waals surface area contributed by atoms with E-state index in [1.807, 2.05) is 13.8 Å². The predicted octanol–water partition coefficient (Wildman–Crippen LogP) is 2.17. The van der Waals surface area contributed by atoms with Crippen molar-refractivity contribution in [3.63, 3.8) is 0 Å². The van der Waals surface area contributed by atoms with Crippen LogP contribution in [-0.2, 0) is 4.79 Å². The standard InChI is InChI=1S/C9H18ClNO/c1-4-5-8(3)11-9(12)7(2)6-10/h7-8H,4-6H2,1-3H3,(H,11,12). The molecule has 1 amide bonds.